The normalized spacial score (nSPS) is 15.0. The van der Waals surface area contributed by atoms with Gasteiger partial charge in [0, 0.05) is 31.1 Å². The van der Waals surface area contributed by atoms with Gasteiger partial charge in [0.15, 0.2) is 0 Å². The molecule has 0 radical (unpaired) electrons. The van der Waals surface area contributed by atoms with Gasteiger partial charge in [-0.05, 0) is 43.0 Å². The molecule has 0 saturated carbocycles. The molecule has 4 heteroatoms. The van der Waals surface area contributed by atoms with Crippen molar-refractivity contribution in [1.82, 2.24) is 10.2 Å². The molecule has 2 aromatic rings. The number of likely N-dealkylation sites (tertiary alicyclic amines) is 1. The Morgan fingerprint density at radius 2 is 1.68 bits per heavy atom. The highest BCUT2D eigenvalue weighted by Gasteiger charge is 2.27. The molecule has 2 amide bonds. The molecule has 1 N–H and O–H groups in total. The number of carbonyl (C=O) groups is 2. The second-order valence-corrected chi connectivity index (χ2v) is 6.41. The van der Waals surface area contributed by atoms with Gasteiger partial charge in [0.25, 0.3) is 5.91 Å². The van der Waals surface area contributed by atoms with Crippen LogP contribution in [0.5, 0.6) is 0 Å². The van der Waals surface area contributed by atoms with Crippen molar-refractivity contribution in [1.29, 1.82) is 0 Å². The third-order valence-electron chi connectivity index (χ3n) is 4.72. The van der Waals surface area contributed by atoms with Crippen LogP contribution < -0.4 is 5.32 Å². The molecule has 0 spiro atoms. The zero-order valence-electron chi connectivity index (χ0n) is 14.6. The lowest BCUT2D eigenvalue weighted by molar-refractivity contribution is -0.126. The zero-order valence-corrected chi connectivity index (χ0v) is 14.6. The maximum Gasteiger partial charge on any atom is 0.253 e. The van der Waals surface area contributed by atoms with Crippen molar-refractivity contribution >= 4 is 11.8 Å². The standard InChI is InChI=1S/C21H24N2O2/c1-2-22-20(24)17-11-13-23(14-12-17)21(25)19-10-6-9-18(15-19)16-7-4-3-5-8-16/h3-10,15,17H,2,11-14H2,1H3,(H,22,24). The van der Waals surface area contributed by atoms with Crippen LogP contribution >= 0.6 is 0 Å². The van der Waals surface area contributed by atoms with E-state index >= 15 is 0 Å². The van der Waals surface area contributed by atoms with Crippen LogP contribution in [0.25, 0.3) is 11.1 Å². The lowest BCUT2D eigenvalue weighted by Crippen LogP contribution is -2.43. The van der Waals surface area contributed by atoms with E-state index < -0.39 is 0 Å². The summed E-state index contributed by atoms with van der Waals surface area (Å²) in [5.74, 6) is 0.187. The number of hydrogen-bond acceptors (Lipinski definition) is 2. The van der Waals surface area contributed by atoms with Crippen LogP contribution in [-0.4, -0.2) is 36.3 Å². The third kappa shape index (κ3) is 4.08. The van der Waals surface area contributed by atoms with E-state index in [0.29, 0.717) is 25.2 Å². The first kappa shape index (κ1) is 17.2. The summed E-state index contributed by atoms with van der Waals surface area (Å²) in [6.07, 6.45) is 1.46. The summed E-state index contributed by atoms with van der Waals surface area (Å²) in [6.45, 7) is 3.85. The maximum absolute atomic E-state index is 12.8. The molecule has 1 aliphatic heterocycles. The smallest absolute Gasteiger partial charge is 0.253 e. The van der Waals surface area contributed by atoms with E-state index in [4.69, 9.17) is 0 Å². The molecule has 1 saturated heterocycles. The Kier molecular flexibility index (Phi) is 5.49. The quantitative estimate of drug-likeness (QED) is 0.931. The van der Waals surface area contributed by atoms with Crippen molar-refractivity contribution in [3.05, 3.63) is 60.2 Å². The molecule has 2 aromatic carbocycles. The first-order valence-corrected chi connectivity index (χ1v) is 8.91. The van der Waals surface area contributed by atoms with Gasteiger partial charge in [0.2, 0.25) is 5.91 Å². The van der Waals surface area contributed by atoms with E-state index in [2.05, 4.69) is 5.32 Å². The van der Waals surface area contributed by atoms with Crippen LogP contribution in [-0.2, 0) is 4.79 Å². The zero-order chi connectivity index (χ0) is 17.6. The summed E-state index contributed by atoms with van der Waals surface area (Å²) in [5.41, 5.74) is 2.86. The van der Waals surface area contributed by atoms with Gasteiger partial charge >= 0.3 is 0 Å². The SMILES string of the molecule is CCNC(=O)C1CCN(C(=O)c2cccc(-c3ccccc3)c2)CC1. The number of nitrogens with one attached hydrogen (secondary N) is 1. The van der Waals surface area contributed by atoms with Gasteiger partial charge in [0.05, 0.1) is 0 Å². The Morgan fingerprint density at radius 3 is 2.36 bits per heavy atom. The van der Waals surface area contributed by atoms with Gasteiger partial charge in [-0.3, -0.25) is 9.59 Å². The Bertz CT molecular complexity index is 735. The van der Waals surface area contributed by atoms with Gasteiger partial charge in [0.1, 0.15) is 0 Å². The average molecular weight is 336 g/mol. The molecule has 1 aliphatic rings. The summed E-state index contributed by atoms with van der Waals surface area (Å²) in [4.78, 5) is 26.6. The summed E-state index contributed by atoms with van der Waals surface area (Å²) in [7, 11) is 0. The van der Waals surface area contributed by atoms with Crippen molar-refractivity contribution in [2.45, 2.75) is 19.8 Å². The Morgan fingerprint density at radius 1 is 1.00 bits per heavy atom. The Balaban J connectivity index is 1.67. The monoisotopic (exact) mass is 336 g/mol. The van der Waals surface area contributed by atoms with Crippen LogP contribution in [0, 0.1) is 5.92 Å². The summed E-state index contributed by atoms with van der Waals surface area (Å²) in [6, 6.07) is 17.8. The van der Waals surface area contributed by atoms with E-state index in [1.807, 2.05) is 66.4 Å². The highest BCUT2D eigenvalue weighted by Crippen LogP contribution is 2.23. The minimum Gasteiger partial charge on any atom is -0.356 e. The maximum atomic E-state index is 12.8. The molecule has 1 fully saturated rings. The van der Waals surface area contributed by atoms with E-state index in [0.717, 1.165) is 24.0 Å². The molecule has 0 unspecified atom stereocenters. The topological polar surface area (TPSA) is 49.4 Å². The van der Waals surface area contributed by atoms with Crippen molar-refractivity contribution in [2.24, 2.45) is 5.92 Å². The number of carbonyl (C=O) groups excluding carboxylic acids is 2. The first-order chi connectivity index (χ1) is 12.2. The molecule has 0 aliphatic carbocycles. The minimum atomic E-state index is 0.0275. The minimum absolute atomic E-state index is 0.0275. The second-order valence-electron chi connectivity index (χ2n) is 6.41. The highest BCUT2D eigenvalue weighted by molar-refractivity contribution is 5.95. The van der Waals surface area contributed by atoms with Gasteiger partial charge in [-0.2, -0.15) is 0 Å². The van der Waals surface area contributed by atoms with E-state index in [-0.39, 0.29) is 17.7 Å². The average Bonchev–Trinajstić information content (AvgIpc) is 2.68. The van der Waals surface area contributed by atoms with E-state index in [1.54, 1.807) is 0 Å². The summed E-state index contributed by atoms with van der Waals surface area (Å²) >= 11 is 0. The molecular weight excluding hydrogens is 312 g/mol. The molecule has 0 bridgehead atoms. The van der Waals surface area contributed by atoms with Gasteiger partial charge in [-0.15, -0.1) is 0 Å². The number of nitrogens with zero attached hydrogens (tertiary/aromatic N) is 1. The Labute approximate surface area is 148 Å². The van der Waals surface area contributed by atoms with Crippen molar-refractivity contribution in [3.8, 4) is 11.1 Å². The van der Waals surface area contributed by atoms with Gasteiger partial charge in [-0.1, -0.05) is 42.5 Å². The molecule has 130 valence electrons. The highest BCUT2D eigenvalue weighted by atomic mass is 16.2. The largest absolute Gasteiger partial charge is 0.356 e. The number of rotatable bonds is 4. The molecule has 3 rings (SSSR count). The van der Waals surface area contributed by atoms with Crippen molar-refractivity contribution in [2.75, 3.05) is 19.6 Å². The van der Waals surface area contributed by atoms with Crippen LogP contribution in [0.15, 0.2) is 54.6 Å². The van der Waals surface area contributed by atoms with Crippen LogP contribution in [0.1, 0.15) is 30.1 Å². The van der Waals surface area contributed by atoms with E-state index in [9.17, 15) is 9.59 Å². The number of piperidine rings is 1. The van der Waals surface area contributed by atoms with Gasteiger partial charge < -0.3 is 10.2 Å². The van der Waals surface area contributed by atoms with Gasteiger partial charge in [-0.25, -0.2) is 0 Å². The third-order valence-corrected chi connectivity index (χ3v) is 4.72. The van der Waals surface area contributed by atoms with Crippen LogP contribution in [0.4, 0.5) is 0 Å². The number of amides is 2. The molecule has 1 heterocycles. The molecule has 0 aromatic heterocycles. The lowest BCUT2D eigenvalue weighted by atomic mass is 9.95. The fourth-order valence-corrected chi connectivity index (χ4v) is 3.31. The molecular formula is C21H24N2O2. The molecule has 4 nitrogen and oxygen atoms in total. The Hall–Kier alpha value is -2.62. The predicted octanol–water partition coefficient (Wildman–Crippen LogP) is 3.34. The molecule has 25 heavy (non-hydrogen) atoms. The van der Waals surface area contributed by atoms with Crippen molar-refractivity contribution < 1.29 is 9.59 Å². The second kappa shape index (κ2) is 7.97. The van der Waals surface area contributed by atoms with Crippen LogP contribution in [0.2, 0.25) is 0 Å². The van der Waals surface area contributed by atoms with E-state index in [1.165, 1.54) is 0 Å². The lowest BCUT2D eigenvalue weighted by Gasteiger charge is -2.31. The number of benzene rings is 2. The summed E-state index contributed by atoms with van der Waals surface area (Å²) in [5, 5.41) is 2.87. The number of hydrogen-bond donors (Lipinski definition) is 1. The summed E-state index contributed by atoms with van der Waals surface area (Å²) < 4.78 is 0. The predicted molar refractivity (Wildman–Crippen MR) is 99.2 cm³/mol. The van der Waals surface area contributed by atoms with Crippen molar-refractivity contribution in [3.63, 3.8) is 0 Å². The fourth-order valence-electron chi connectivity index (χ4n) is 3.31. The molecule has 0 atom stereocenters. The van der Waals surface area contributed by atoms with Crippen LogP contribution in [0.3, 0.4) is 0 Å². The first-order valence-electron chi connectivity index (χ1n) is 8.91. The fraction of sp³-hybridized carbons (Fsp3) is 0.333.